The second-order valence-electron chi connectivity index (χ2n) is 8.43. The van der Waals surface area contributed by atoms with Crippen LogP contribution in [0.1, 0.15) is 30.0 Å². The molecule has 3 rings (SSSR count). The summed E-state index contributed by atoms with van der Waals surface area (Å²) in [6.45, 7) is 2.59. The van der Waals surface area contributed by atoms with Crippen LogP contribution in [0.2, 0.25) is 0 Å². The van der Waals surface area contributed by atoms with Crippen LogP contribution in [0.15, 0.2) is 78.9 Å². The van der Waals surface area contributed by atoms with Crippen LogP contribution in [0, 0.1) is 10.1 Å². The van der Waals surface area contributed by atoms with E-state index >= 15 is 0 Å². The predicted molar refractivity (Wildman–Crippen MR) is 138 cm³/mol. The van der Waals surface area contributed by atoms with Gasteiger partial charge in [0, 0.05) is 31.1 Å². The number of carbonyl (C=O) groups excluding carboxylic acids is 2. The van der Waals surface area contributed by atoms with Gasteiger partial charge in [-0.25, -0.2) is 0 Å². The molecule has 0 spiro atoms. The first kappa shape index (κ1) is 26.4. The molecule has 2 amide bonds. The Morgan fingerprint density at radius 2 is 1.69 bits per heavy atom. The van der Waals surface area contributed by atoms with Crippen molar-refractivity contribution in [3.05, 3.63) is 106 Å². The van der Waals surface area contributed by atoms with E-state index in [1.807, 2.05) is 55.5 Å². The number of hydrogen-bond donors (Lipinski definition) is 1. The number of nitrogens with zero attached hydrogens (tertiary/aromatic N) is 2. The molecule has 3 aromatic rings. The maximum absolute atomic E-state index is 13.7. The third kappa shape index (κ3) is 7.15. The van der Waals surface area contributed by atoms with E-state index in [0.29, 0.717) is 24.3 Å². The molecule has 0 saturated heterocycles. The molecular formula is C28H31N3O5. The number of rotatable bonds is 12. The zero-order valence-electron chi connectivity index (χ0n) is 20.6. The molecule has 0 aromatic heterocycles. The van der Waals surface area contributed by atoms with Crippen molar-refractivity contribution in [2.24, 2.45) is 0 Å². The highest BCUT2D eigenvalue weighted by atomic mass is 16.6. The first-order valence-electron chi connectivity index (χ1n) is 11.9. The van der Waals surface area contributed by atoms with Gasteiger partial charge in [-0.05, 0) is 29.7 Å². The summed E-state index contributed by atoms with van der Waals surface area (Å²) in [6, 6.07) is 22.2. The van der Waals surface area contributed by atoms with E-state index in [4.69, 9.17) is 4.74 Å². The lowest BCUT2D eigenvalue weighted by atomic mass is 10.0. The predicted octanol–water partition coefficient (Wildman–Crippen LogP) is 4.31. The molecule has 0 aliphatic carbocycles. The Morgan fingerprint density at radius 1 is 1.00 bits per heavy atom. The van der Waals surface area contributed by atoms with Crippen LogP contribution < -0.4 is 10.1 Å². The molecule has 0 saturated carbocycles. The van der Waals surface area contributed by atoms with Crippen molar-refractivity contribution in [1.82, 2.24) is 10.2 Å². The van der Waals surface area contributed by atoms with E-state index in [9.17, 15) is 19.7 Å². The van der Waals surface area contributed by atoms with Crippen LogP contribution in [-0.2, 0) is 29.0 Å². The van der Waals surface area contributed by atoms with E-state index in [0.717, 1.165) is 17.5 Å². The van der Waals surface area contributed by atoms with Gasteiger partial charge in [-0.15, -0.1) is 0 Å². The van der Waals surface area contributed by atoms with Crippen molar-refractivity contribution in [3.8, 4) is 5.75 Å². The Balaban J connectivity index is 2.01. The Bertz CT molecular complexity index is 1180. The summed E-state index contributed by atoms with van der Waals surface area (Å²) in [5.74, 6) is -0.00662. The van der Waals surface area contributed by atoms with Gasteiger partial charge in [-0.3, -0.25) is 19.7 Å². The van der Waals surface area contributed by atoms with Crippen molar-refractivity contribution >= 4 is 17.5 Å². The molecule has 188 valence electrons. The van der Waals surface area contributed by atoms with Gasteiger partial charge in [-0.2, -0.15) is 0 Å². The summed E-state index contributed by atoms with van der Waals surface area (Å²) in [5, 5.41) is 14.5. The standard InChI is InChI=1S/C28H31N3O5/c1-3-16-29-28(33)26(18-21-10-5-4-6-11-21)30(20-22-12-9-14-24(17-22)36-2)27(32)19-23-13-7-8-15-25(23)31(34)35/h4-15,17,26H,3,16,18-20H2,1-2H3,(H,29,33)/t26-/m1/s1. The van der Waals surface area contributed by atoms with Gasteiger partial charge in [0.1, 0.15) is 11.8 Å². The topological polar surface area (TPSA) is 102 Å². The number of nitro groups is 1. The van der Waals surface area contributed by atoms with Crippen LogP contribution in [0.5, 0.6) is 5.75 Å². The maximum Gasteiger partial charge on any atom is 0.273 e. The van der Waals surface area contributed by atoms with Gasteiger partial charge in [-0.1, -0.05) is 67.6 Å². The molecule has 0 radical (unpaired) electrons. The smallest absolute Gasteiger partial charge is 0.273 e. The second-order valence-corrected chi connectivity index (χ2v) is 8.43. The Hall–Kier alpha value is -4.20. The van der Waals surface area contributed by atoms with E-state index in [1.165, 1.54) is 11.0 Å². The van der Waals surface area contributed by atoms with Crippen LogP contribution in [-0.4, -0.2) is 41.3 Å². The van der Waals surface area contributed by atoms with Gasteiger partial charge in [0.05, 0.1) is 18.5 Å². The molecule has 0 aliphatic heterocycles. The summed E-state index contributed by atoms with van der Waals surface area (Å²) < 4.78 is 5.33. The van der Waals surface area contributed by atoms with Crippen LogP contribution in [0.4, 0.5) is 5.69 Å². The third-order valence-corrected chi connectivity index (χ3v) is 5.84. The number of nitrogens with one attached hydrogen (secondary N) is 1. The van der Waals surface area contributed by atoms with E-state index in [2.05, 4.69) is 5.32 Å². The molecule has 8 nitrogen and oxygen atoms in total. The van der Waals surface area contributed by atoms with Crippen molar-refractivity contribution in [1.29, 1.82) is 0 Å². The normalized spacial score (nSPS) is 11.4. The highest BCUT2D eigenvalue weighted by molar-refractivity contribution is 5.89. The molecule has 0 aliphatic rings. The first-order valence-corrected chi connectivity index (χ1v) is 11.9. The van der Waals surface area contributed by atoms with Crippen LogP contribution in [0.3, 0.4) is 0 Å². The van der Waals surface area contributed by atoms with Gasteiger partial charge in [0.25, 0.3) is 5.69 Å². The summed E-state index contributed by atoms with van der Waals surface area (Å²) in [4.78, 5) is 39.7. The van der Waals surface area contributed by atoms with Crippen molar-refractivity contribution in [2.75, 3.05) is 13.7 Å². The lowest BCUT2D eigenvalue weighted by Crippen LogP contribution is -2.51. The van der Waals surface area contributed by atoms with Crippen molar-refractivity contribution in [2.45, 2.75) is 38.8 Å². The molecule has 0 fully saturated rings. The molecule has 1 atom stereocenters. The minimum Gasteiger partial charge on any atom is -0.497 e. The molecule has 3 aromatic carbocycles. The summed E-state index contributed by atoms with van der Waals surface area (Å²) in [5.41, 5.74) is 1.87. The summed E-state index contributed by atoms with van der Waals surface area (Å²) in [6.07, 6.45) is 0.861. The number of hydrogen-bond acceptors (Lipinski definition) is 5. The minimum atomic E-state index is -0.805. The largest absolute Gasteiger partial charge is 0.497 e. The molecule has 0 unspecified atom stereocenters. The minimum absolute atomic E-state index is 0.123. The number of ether oxygens (including phenoxy) is 1. The number of para-hydroxylation sites is 1. The highest BCUT2D eigenvalue weighted by Gasteiger charge is 2.31. The third-order valence-electron chi connectivity index (χ3n) is 5.84. The Morgan fingerprint density at radius 3 is 2.39 bits per heavy atom. The number of methoxy groups -OCH3 is 1. The summed E-state index contributed by atoms with van der Waals surface area (Å²) >= 11 is 0. The summed E-state index contributed by atoms with van der Waals surface area (Å²) in [7, 11) is 1.56. The first-order chi connectivity index (χ1) is 17.4. The quantitative estimate of drug-likeness (QED) is 0.302. The molecule has 0 bridgehead atoms. The fourth-order valence-corrected chi connectivity index (χ4v) is 3.99. The average Bonchev–Trinajstić information content (AvgIpc) is 2.90. The van der Waals surface area contributed by atoms with Crippen LogP contribution in [0.25, 0.3) is 0 Å². The maximum atomic E-state index is 13.7. The monoisotopic (exact) mass is 489 g/mol. The number of carbonyl (C=O) groups is 2. The lowest BCUT2D eigenvalue weighted by molar-refractivity contribution is -0.385. The molecule has 1 N–H and O–H groups in total. The zero-order valence-corrected chi connectivity index (χ0v) is 20.6. The number of benzene rings is 3. The fourth-order valence-electron chi connectivity index (χ4n) is 3.99. The van der Waals surface area contributed by atoms with Gasteiger partial charge in [0.15, 0.2) is 0 Å². The molecule has 0 heterocycles. The van der Waals surface area contributed by atoms with E-state index in [1.54, 1.807) is 31.4 Å². The van der Waals surface area contributed by atoms with Gasteiger partial charge < -0.3 is 15.0 Å². The van der Waals surface area contributed by atoms with Crippen LogP contribution >= 0.6 is 0 Å². The van der Waals surface area contributed by atoms with E-state index in [-0.39, 0.29) is 30.5 Å². The van der Waals surface area contributed by atoms with Crippen molar-refractivity contribution < 1.29 is 19.2 Å². The lowest BCUT2D eigenvalue weighted by Gasteiger charge is -2.31. The van der Waals surface area contributed by atoms with Gasteiger partial charge in [0.2, 0.25) is 11.8 Å². The van der Waals surface area contributed by atoms with E-state index < -0.39 is 11.0 Å². The number of amides is 2. The SMILES string of the molecule is CCCNC(=O)[C@@H](Cc1ccccc1)N(Cc1cccc(OC)c1)C(=O)Cc1ccccc1[N+](=O)[O-]. The number of nitro benzene ring substituents is 1. The highest BCUT2D eigenvalue weighted by Crippen LogP contribution is 2.22. The van der Waals surface area contributed by atoms with Gasteiger partial charge >= 0.3 is 0 Å². The average molecular weight is 490 g/mol. The van der Waals surface area contributed by atoms with Crippen molar-refractivity contribution in [3.63, 3.8) is 0 Å². The second kappa shape index (κ2) is 13.0. The Kier molecular flexibility index (Phi) is 9.56. The zero-order chi connectivity index (χ0) is 25.9. The Labute approximate surface area is 211 Å². The molecule has 8 heteroatoms. The molecular weight excluding hydrogens is 458 g/mol. The fraction of sp³-hybridized carbons (Fsp3) is 0.286. The molecule has 36 heavy (non-hydrogen) atoms.